The van der Waals surface area contributed by atoms with Gasteiger partial charge < -0.3 is 0 Å². The molecule has 0 radical (unpaired) electrons. The molecule has 112 valence electrons. The van der Waals surface area contributed by atoms with Crippen LogP contribution in [0.25, 0.3) is 0 Å². The van der Waals surface area contributed by atoms with E-state index in [1.807, 2.05) is 65.6 Å². The van der Waals surface area contributed by atoms with Gasteiger partial charge in [-0.1, -0.05) is 60.3 Å². The first kappa shape index (κ1) is 14.7. The van der Waals surface area contributed by atoms with Crippen LogP contribution in [-0.2, 0) is 0 Å². The van der Waals surface area contributed by atoms with Crippen molar-refractivity contribution in [3.05, 3.63) is 66.2 Å². The molecule has 0 saturated carbocycles. The van der Waals surface area contributed by atoms with Crippen molar-refractivity contribution in [2.45, 2.75) is 5.37 Å². The van der Waals surface area contributed by atoms with Gasteiger partial charge in [-0.25, -0.2) is 4.79 Å². The predicted molar refractivity (Wildman–Crippen MR) is 92.2 cm³/mol. The molecule has 0 bridgehead atoms. The van der Waals surface area contributed by atoms with Gasteiger partial charge in [0.1, 0.15) is 5.37 Å². The molecule has 0 spiro atoms. The molecular formula is C17H17N3OS. The second-order valence-electron chi connectivity index (χ2n) is 4.93. The van der Waals surface area contributed by atoms with Crippen LogP contribution in [0.1, 0.15) is 10.9 Å². The fraction of sp³-hybridized carbons (Fsp3) is 0.176. The number of rotatable bonds is 2. The Bertz CT molecular complexity index is 688. The summed E-state index contributed by atoms with van der Waals surface area (Å²) < 4.78 is 0. The van der Waals surface area contributed by atoms with Gasteiger partial charge in [0.2, 0.25) is 0 Å². The van der Waals surface area contributed by atoms with Crippen LogP contribution in [0.5, 0.6) is 0 Å². The molecule has 22 heavy (non-hydrogen) atoms. The molecule has 5 heteroatoms. The van der Waals surface area contributed by atoms with Gasteiger partial charge in [-0.3, -0.25) is 14.8 Å². The molecule has 3 rings (SSSR count). The summed E-state index contributed by atoms with van der Waals surface area (Å²) in [6.45, 7) is 0. The minimum Gasteiger partial charge on any atom is -0.277 e. The standard InChI is InChI=1S/C17H17N3OS/c1-18-16-19(2)17(21)20(14-11-7-4-8-12-14)15(22-16)13-9-5-3-6-10-13/h3-12,15H,1-2H3/b18-16-. The number of aliphatic imine (C=N–C) groups is 1. The van der Waals surface area contributed by atoms with Crippen molar-refractivity contribution < 1.29 is 4.79 Å². The molecule has 1 fully saturated rings. The molecule has 1 heterocycles. The lowest BCUT2D eigenvalue weighted by Crippen LogP contribution is -2.49. The van der Waals surface area contributed by atoms with E-state index in [9.17, 15) is 4.79 Å². The number of nitrogens with zero attached hydrogens (tertiary/aromatic N) is 3. The van der Waals surface area contributed by atoms with Crippen molar-refractivity contribution in [2.75, 3.05) is 19.0 Å². The predicted octanol–water partition coefficient (Wildman–Crippen LogP) is 3.98. The zero-order valence-electron chi connectivity index (χ0n) is 12.5. The van der Waals surface area contributed by atoms with Crippen molar-refractivity contribution in [1.29, 1.82) is 0 Å². The van der Waals surface area contributed by atoms with E-state index in [0.717, 1.165) is 16.4 Å². The van der Waals surface area contributed by atoms with Gasteiger partial charge >= 0.3 is 6.03 Å². The summed E-state index contributed by atoms with van der Waals surface area (Å²) in [7, 11) is 3.47. The maximum Gasteiger partial charge on any atom is 0.331 e. The summed E-state index contributed by atoms with van der Waals surface area (Å²) in [4.78, 5) is 20.5. The highest BCUT2D eigenvalue weighted by molar-refractivity contribution is 8.14. The third-order valence-electron chi connectivity index (χ3n) is 3.54. The fourth-order valence-electron chi connectivity index (χ4n) is 2.45. The first-order valence-electron chi connectivity index (χ1n) is 7.02. The largest absolute Gasteiger partial charge is 0.331 e. The minimum absolute atomic E-state index is 0.0700. The Balaban J connectivity index is 2.08. The van der Waals surface area contributed by atoms with E-state index >= 15 is 0 Å². The number of amidine groups is 1. The lowest BCUT2D eigenvalue weighted by atomic mass is 10.2. The number of anilines is 1. The van der Waals surface area contributed by atoms with Gasteiger partial charge in [0.25, 0.3) is 0 Å². The summed E-state index contributed by atoms with van der Waals surface area (Å²) in [6, 6.07) is 19.7. The maximum atomic E-state index is 12.8. The molecule has 1 aliphatic heterocycles. The number of thioether (sulfide) groups is 1. The van der Waals surface area contributed by atoms with E-state index in [1.165, 1.54) is 0 Å². The van der Waals surface area contributed by atoms with Crippen LogP contribution in [0.3, 0.4) is 0 Å². The van der Waals surface area contributed by atoms with Crippen molar-refractivity contribution in [1.82, 2.24) is 4.90 Å². The maximum absolute atomic E-state index is 12.8. The number of hydrogen-bond acceptors (Lipinski definition) is 3. The van der Waals surface area contributed by atoms with Crippen LogP contribution < -0.4 is 4.90 Å². The number of carbonyl (C=O) groups excluding carboxylic acids is 1. The summed E-state index contributed by atoms with van der Waals surface area (Å²) >= 11 is 1.58. The molecular weight excluding hydrogens is 294 g/mol. The highest BCUT2D eigenvalue weighted by atomic mass is 32.2. The Kier molecular flexibility index (Phi) is 4.15. The Morgan fingerprint density at radius 1 is 1.00 bits per heavy atom. The monoisotopic (exact) mass is 311 g/mol. The number of benzene rings is 2. The zero-order chi connectivity index (χ0) is 15.5. The average Bonchev–Trinajstić information content (AvgIpc) is 2.58. The summed E-state index contributed by atoms with van der Waals surface area (Å²) in [5.74, 6) is 0. The number of para-hydroxylation sites is 1. The molecule has 4 nitrogen and oxygen atoms in total. The first-order chi connectivity index (χ1) is 10.7. The van der Waals surface area contributed by atoms with E-state index in [2.05, 4.69) is 4.99 Å². The van der Waals surface area contributed by atoms with Crippen molar-refractivity contribution >= 4 is 28.6 Å². The Labute approximate surface area is 134 Å². The van der Waals surface area contributed by atoms with Gasteiger partial charge in [-0.05, 0) is 17.7 Å². The fourth-order valence-corrected chi connectivity index (χ4v) is 3.60. The topological polar surface area (TPSA) is 35.9 Å². The summed E-state index contributed by atoms with van der Waals surface area (Å²) in [5.41, 5.74) is 1.97. The lowest BCUT2D eigenvalue weighted by molar-refractivity contribution is 0.232. The van der Waals surface area contributed by atoms with Gasteiger partial charge in [-0.15, -0.1) is 0 Å². The molecule has 0 N–H and O–H groups in total. The molecule has 2 aromatic rings. The normalized spacial score (nSPS) is 20.5. The van der Waals surface area contributed by atoms with Crippen LogP contribution in [0.15, 0.2) is 65.7 Å². The Morgan fingerprint density at radius 3 is 2.18 bits per heavy atom. The third kappa shape index (κ3) is 2.60. The molecule has 1 atom stereocenters. The van der Waals surface area contributed by atoms with Crippen molar-refractivity contribution in [2.24, 2.45) is 4.99 Å². The van der Waals surface area contributed by atoms with Crippen LogP contribution >= 0.6 is 11.8 Å². The first-order valence-corrected chi connectivity index (χ1v) is 7.90. The number of amides is 2. The van der Waals surface area contributed by atoms with E-state index in [0.29, 0.717) is 0 Å². The number of hydrogen-bond donors (Lipinski definition) is 0. The van der Waals surface area contributed by atoms with Crippen LogP contribution in [0.2, 0.25) is 0 Å². The lowest BCUT2D eigenvalue weighted by Gasteiger charge is -2.40. The van der Waals surface area contributed by atoms with Crippen LogP contribution in [-0.4, -0.2) is 30.2 Å². The highest BCUT2D eigenvalue weighted by Crippen LogP contribution is 2.41. The third-order valence-corrected chi connectivity index (χ3v) is 4.92. The molecule has 0 aliphatic carbocycles. The van der Waals surface area contributed by atoms with E-state index in [1.54, 1.807) is 30.8 Å². The molecule has 1 saturated heterocycles. The number of urea groups is 1. The van der Waals surface area contributed by atoms with Crippen LogP contribution in [0.4, 0.5) is 10.5 Å². The Morgan fingerprint density at radius 2 is 1.59 bits per heavy atom. The smallest absolute Gasteiger partial charge is 0.277 e. The molecule has 1 aliphatic rings. The van der Waals surface area contributed by atoms with E-state index < -0.39 is 0 Å². The molecule has 1 unspecified atom stereocenters. The van der Waals surface area contributed by atoms with Crippen LogP contribution in [0, 0.1) is 0 Å². The van der Waals surface area contributed by atoms with Crippen molar-refractivity contribution in [3.63, 3.8) is 0 Å². The highest BCUT2D eigenvalue weighted by Gasteiger charge is 2.37. The molecule has 2 aromatic carbocycles. The second kappa shape index (κ2) is 6.23. The quantitative estimate of drug-likeness (QED) is 0.841. The van der Waals surface area contributed by atoms with Crippen molar-refractivity contribution in [3.8, 4) is 0 Å². The molecule has 0 aromatic heterocycles. The zero-order valence-corrected chi connectivity index (χ0v) is 13.3. The van der Waals surface area contributed by atoms with Gasteiger partial charge in [0.05, 0.1) is 0 Å². The summed E-state index contributed by atoms with van der Waals surface area (Å²) in [5, 5.41) is 0.608. The minimum atomic E-state index is -0.119. The molecule has 2 amide bonds. The van der Waals surface area contributed by atoms with Gasteiger partial charge in [0, 0.05) is 19.8 Å². The SMILES string of the molecule is C/N=C1\SC(c2ccccc2)N(c2ccccc2)C(=O)N1C. The van der Waals surface area contributed by atoms with E-state index in [-0.39, 0.29) is 11.4 Å². The van der Waals surface area contributed by atoms with E-state index in [4.69, 9.17) is 0 Å². The summed E-state index contributed by atoms with van der Waals surface area (Å²) in [6.07, 6.45) is 0. The van der Waals surface area contributed by atoms with Gasteiger partial charge in [-0.2, -0.15) is 0 Å². The van der Waals surface area contributed by atoms with Gasteiger partial charge in [0.15, 0.2) is 5.17 Å². The average molecular weight is 311 g/mol. The second-order valence-corrected chi connectivity index (χ2v) is 5.98. The Hall–Kier alpha value is -2.27. The number of carbonyl (C=O) groups is 1.